The Morgan fingerprint density at radius 2 is 2.00 bits per heavy atom. The number of aryl methyl sites for hydroxylation is 1. The van der Waals surface area contributed by atoms with E-state index in [0.717, 1.165) is 28.9 Å². The molecule has 0 aliphatic carbocycles. The van der Waals surface area contributed by atoms with Crippen LogP contribution in [0, 0.1) is 13.8 Å². The maximum Gasteiger partial charge on any atom is 0.196 e. The van der Waals surface area contributed by atoms with Gasteiger partial charge in [-0.15, -0.1) is 0 Å². The molecule has 3 nitrogen and oxygen atoms in total. The molecule has 21 heavy (non-hydrogen) atoms. The molecule has 0 spiro atoms. The van der Waals surface area contributed by atoms with Crippen molar-refractivity contribution in [2.75, 3.05) is 13.7 Å². The van der Waals surface area contributed by atoms with Crippen molar-refractivity contribution in [1.29, 1.82) is 0 Å². The lowest BCUT2D eigenvalue weighted by molar-refractivity contribution is 0.103. The molecule has 0 saturated heterocycles. The molecule has 1 heterocycles. The van der Waals surface area contributed by atoms with E-state index in [1.165, 1.54) is 0 Å². The van der Waals surface area contributed by atoms with Gasteiger partial charge in [0.05, 0.1) is 19.3 Å². The summed E-state index contributed by atoms with van der Waals surface area (Å²) in [6.07, 6.45) is 0.862. The molecule has 108 valence electrons. The van der Waals surface area contributed by atoms with Gasteiger partial charge < -0.3 is 9.47 Å². The summed E-state index contributed by atoms with van der Waals surface area (Å²) in [5, 5.41) is 0. The van der Waals surface area contributed by atoms with E-state index in [-0.39, 0.29) is 5.78 Å². The summed E-state index contributed by atoms with van der Waals surface area (Å²) in [4.78, 5) is 12.8. The summed E-state index contributed by atoms with van der Waals surface area (Å²) < 4.78 is 10.9. The topological polar surface area (TPSA) is 35.5 Å². The Labute approximate surface area is 124 Å². The zero-order chi connectivity index (χ0) is 15.0. The third-order valence-corrected chi connectivity index (χ3v) is 4.08. The minimum absolute atomic E-state index is 0.00958. The van der Waals surface area contributed by atoms with E-state index >= 15 is 0 Å². The fourth-order valence-electron chi connectivity index (χ4n) is 2.72. The van der Waals surface area contributed by atoms with Crippen LogP contribution >= 0.6 is 0 Å². The van der Waals surface area contributed by atoms with E-state index in [4.69, 9.17) is 9.47 Å². The van der Waals surface area contributed by atoms with E-state index in [2.05, 4.69) is 0 Å². The van der Waals surface area contributed by atoms with Crippen LogP contribution in [0.5, 0.6) is 11.5 Å². The first-order chi connectivity index (χ1) is 10.1. The maximum atomic E-state index is 12.8. The van der Waals surface area contributed by atoms with Gasteiger partial charge in [0.25, 0.3) is 0 Å². The van der Waals surface area contributed by atoms with Crippen molar-refractivity contribution in [3.63, 3.8) is 0 Å². The van der Waals surface area contributed by atoms with Crippen molar-refractivity contribution in [3.8, 4) is 11.5 Å². The molecule has 2 aromatic rings. The molecule has 0 amide bonds. The summed E-state index contributed by atoms with van der Waals surface area (Å²) >= 11 is 0. The van der Waals surface area contributed by atoms with Crippen LogP contribution in [-0.4, -0.2) is 19.5 Å². The first-order valence-electron chi connectivity index (χ1n) is 7.06. The lowest BCUT2D eigenvalue weighted by Gasteiger charge is -2.13. The third kappa shape index (κ3) is 2.29. The van der Waals surface area contributed by atoms with Gasteiger partial charge in [-0.3, -0.25) is 4.79 Å². The predicted octanol–water partition coefficient (Wildman–Crippen LogP) is 3.48. The highest BCUT2D eigenvalue weighted by atomic mass is 16.5. The van der Waals surface area contributed by atoms with Crippen molar-refractivity contribution in [2.24, 2.45) is 0 Å². The predicted molar refractivity (Wildman–Crippen MR) is 81.5 cm³/mol. The van der Waals surface area contributed by atoms with Crippen LogP contribution in [0.2, 0.25) is 0 Å². The number of hydrogen-bond acceptors (Lipinski definition) is 3. The Balaban J connectivity index is 2.05. The second-order valence-electron chi connectivity index (χ2n) is 5.34. The largest absolute Gasteiger partial charge is 0.496 e. The Kier molecular flexibility index (Phi) is 3.42. The smallest absolute Gasteiger partial charge is 0.196 e. The molecule has 2 aromatic carbocycles. The number of methoxy groups -OCH3 is 1. The molecule has 0 bridgehead atoms. The molecule has 0 atom stereocenters. The number of hydrogen-bond donors (Lipinski definition) is 0. The van der Waals surface area contributed by atoms with Crippen LogP contribution in [0.3, 0.4) is 0 Å². The first kappa shape index (κ1) is 13.7. The molecule has 1 aliphatic heterocycles. The van der Waals surface area contributed by atoms with Crippen molar-refractivity contribution in [1.82, 2.24) is 0 Å². The van der Waals surface area contributed by atoms with Gasteiger partial charge in [0.15, 0.2) is 5.78 Å². The summed E-state index contributed by atoms with van der Waals surface area (Å²) in [5.41, 5.74) is 4.52. The second kappa shape index (κ2) is 5.24. The average Bonchev–Trinajstić information content (AvgIpc) is 2.96. The molecular formula is C18H18O3. The quantitative estimate of drug-likeness (QED) is 0.809. The lowest BCUT2D eigenvalue weighted by atomic mass is 9.96. The standard InChI is InChI=1S/C18H18O3/c1-11-4-6-15(18(20-3)12(11)2)17(19)14-5-7-16-13(10-14)8-9-21-16/h4-7,10H,8-9H2,1-3H3. The Morgan fingerprint density at radius 3 is 2.76 bits per heavy atom. The van der Waals surface area contributed by atoms with E-state index in [9.17, 15) is 4.79 Å². The number of carbonyl (C=O) groups is 1. The summed E-state index contributed by atoms with van der Waals surface area (Å²) in [6, 6.07) is 9.43. The van der Waals surface area contributed by atoms with Gasteiger partial charge in [0.2, 0.25) is 0 Å². The second-order valence-corrected chi connectivity index (χ2v) is 5.34. The number of carbonyl (C=O) groups excluding carboxylic acids is 1. The molecule has 0 unspecified atom stereocenters. The zero-order valence-corrected chi connectivity index (χ0v) is 12.5. The van der Waals surface area contributed by atoms with Crippen molar-refractivity contribution >= 4 is 5.78 Å². The Hall–Kier alpha value is -2.29. The SMILES string of the molecule is COc1c(C(=O)c2ccc3c(c2)CCO3)ccc(C)c1C. The van der Waals surface area contributed by atoms with Gasteiger partial charge in [0, 0.05) is 12.0 Å². The number of benzene rings is 2. The monoisotopic (exact) mass is 282 g/mol. The van der Waals surface area contributed by atoms with Crippen LogP contribution in [0.25, 0.3) is 0 Å². The molecule has 3 heteroatoms. The van der Waals surface area contributed by atoms with Crippen molar-refractivity contribution in [2.45, 2.75) is 20.3 Å². The van der Waals surface area contributed by atoms with Crippen LogP contribution in [0.4, 0.5) is 0 Å². The van der Waals surface area contributed by atoms with Crippen LogP contribution in [0.1, 0.15) is 32.6 Å². The molecule has 0 fully saturated rings. The van der Waals surface area contributed by atoms with Gasteiger partial charge in [-0.25, -0.2) is 0 Å². The molecular weight excluding hydrogens is 264 g/mol. The third-order valence-electron chi connectivity index (χ3n) is 4.08. The van der Waals surface area contributed by atoms with E-state index in [0.29, 0.717) is 23.5 Å². The molecule has 0 aromatic heterocycles. The number of ketones is 1. The highest BCUT2D eigenvalue weighted by Gasteiger charge is 2.20. The Bertz CT molecular complexity index is 717. The highest BCUT2D eigenvalue weighted by Crippen LogP contribution is 2.31. The average molecular weight is 282 g/mol. The summed E-state index contributed by atoms with van der Waals surface area (Å²) in [7, 11) is 1.61. The fourth-order valence-corrected chi connectivity index (χ4v) is 2.72. The van der Waals surface area contributed by atoms with E-state index in [1.54, 1.807) is 7.11 Å². The van der Waals surface area contributed by atoms with Gasteiger partial charge >= 0.3 is 0 Å². The molecule has 0 N–H and O–H groups in total. The maximum absolute atomic E-state index is 12.8. The normalized spacial score (nSPS) is 12.7. The van der Waals surface area contributed by atoms with Gasteiger partial charge in [-0.2, -0.15) is 0 Å². The first-order valence-corrected chi connectivity index (χ1v) is 7.06. The van der Waals surface area contributed by atoms with Crippen molar-refractivity contribution in [3.05, 3.63) is 58.1 Å². The van der Waals surface area contributed by atoms with Crippen LogP contribution in [-0.2, 0) is 6.42 Å². The summed E-state index contributed by atoms with van der Waals surface area (Å²) in [6.45, 7) is 4.68. The van der Waals surface area contributed by atoms with Crippen LogP contribution < -0.4 is 9.47 Å². The fraction of sp³-hybridized carbons (Fsp3) is 0.278. The number of fused-ring (bicyclic) bond motifs is 1. The van der Waals surface area contributed by atoms with Gasteiger partial charge in [-0.1, -0.05) is 6.07 Å². The number of ether oxygens (including phenoxy) is 2. The minimum atomic E-state index is -0.00958. The Morgan fingerprint density at radius 1 is 1.19 bits per heavy atom. The molecule has 1 aliphatic rings. The highest BCUT2D eigenvalue weighted by molar-refractivity contribution is 6.11. The van der Waals surface area contributed by atoms with Crippen LogP contribution in [0.15, 0.2) is 30.3 Å². The van der Waals surface area contributed by atoms with E-state index in [1.807, 2.05) is 44.2 Å². The minimum Gasteiger partial charge on any atom is -0.496 e. The van der Waals surface area contributed by atoms with Crippen molar-refractivity contribution < 1.29 is 14.3 Å². The number of rotatable bonds is 3. The molecule has 3 rings (SSSR count). The zero-order valence-electron chi connectivity index (χ0n) is 12.5. The van der Waals surface area contributed by atoms with Gasteiger partial charge in [0.1, 0.15) is 11.5 Å². The molecule has 0 radical (unpaired) electrons. The molecule has 0 saturated carbocycles. The van der Waals surface area contributed by atoms with Gasteiger partial charge in [-0.05, 0) is 54.8 Å². The van der Waals surface area contributed by atoms with E-state index < -0.39 is 0 Å². The summed E-state index contributed by atoms with van der Waals surface area (Å²) in [5.74, 6) is 1.54. The lowest BCUT2D eigenvalue weighted by Crippen LogP contribution is -2.06.